The van der Waals surface area contributed by atoms with Crippen molar-refractivity contribution in [2.75, 3.05) is 0 Å². The van der Waals surface area contributed by atoms with E-state index in [-0.39, 0.29) is 5.75 Å². The smallest absolute Gasteiger partial charge is 0.204 e. The Hall–Kier alpha value is -1.64. The Labute approximate surface area is 63.3 Å². The first-order valence-corrected chi connectivity index (χ1v) is 3.24. The molecule has 0 saturated heterocycles. The molecule has 0 atom stereocenters. The Morgan fingerprint density at radius 3 is 3.00 bits per heavy atom. The van der Waals surface area contributed by atoms with Crippen LogP contribution >= 0.6 is 0 Å². The quantitative estimate of drug-likeness (QED) is 0.567. The van der Waals surface area contributed by atoms with E-state index in [0.717, 1.165) is 5.39 Å². The van der Waals surface area contributed by atoms with Crippen LogP contribution in [0, 0.1) is 0 Å². The highest BCUT2D eigenvalue weighted by molar-refractivity contribution is 5.82. The van der Waals surface area contributed by atoms with Gasteiger partial charge in [-0.05, 0) is 6.07 Å². The van der Waals surface area contributed by atoms with E-state index in [9.17, 15) is 5.11 Å². The van der Waals surface area contributed by atoms with Crippen LogP contribution in [0.2, 0.25) is 0 Å². The fourth-order valence-corrected chi connectivity index (χ4v) is 0.986. The second-order valence-corrected chi connectivity index (χ2v) is 2.22. The van der Waals surface area contributed by atoms with Crippen LogP contribution in [0.4, 0.5) is 0 Å². The summed E-state index contributed by atoms with van der Waals surface area (Å²) >= 11 is 0. The summed E-state index contributed by atoms with van der Waals surface area (Å²) in [5, 5.41) is 11.9. The van der Waals surface area contributed by atoms with Crippen molar-refractivity contribution in [3.8, 4) is 5.75 Å². The fraction of sp³-hybridized carbons (Fsp3) is 0. The first-order chi connectivity index (χ1) is 5.38. The first-order valence-electron chi connectivity index (χ1n) is 3.24. The molecule has 1 radical (unpaired) electrons. The van der Waals surface area contributed by atoms with Crippen LogP contribution in [0.25, 0.3) is 10.9 Å². The van der Waals surface area contributed by atoms with Gasteiger partial charge in [0.05, 0.1) is 0 Å². The average molecular weight is 145 g/mol. The molecule has 3 heteroatoms. The summed E-state index contributed by atoms with van der Waals surface area (Å²) in [5.74, 6) is -0.0510. The topological polar surface area (TPSA) is 45.7 Å². The van der Waals surface area contributed by atoms with Crippen molar-refractivity contribution in [3.63, 3.8) is 0 Å². The van der Waals surface area contributed by atoms with E-state index in [4.69, 9.17) is 0 Å². The number of aromatic nitrogens is 2. The van der Waals surface area contributed by atoms with E-state index in [1.54, 1.807) is 12.3 Å². The van der Waals surface area contributed by atoms with Crippen molar-refractivity contribution in [2.24, 2.45) is 0 Å². The molecule has 0 fully saturated rings. The molecule has 2 aromatic rings. The summed E-state index contributed by atoms with van der Waals surface area (Å²) in [4.78, 5) is 7.66. The zero-order chi connectivity index (χ0) is 7.68. The molecule has 1 heterocycles. The van der Waals surface area contributed by atoms with E-state index >= 15 is 0 Å². The number of hydrogen-bond donors (Lipinski definition) is 0. The number of hydrogen-bond acceptors (Lipinski definition) is 2. The molecule has 0 aliphatic heterocycles. The van der Waals surface area contributed by atoms with Crippen molar-refractivity contribution in [1.29, 1.82) is 0 Å². The van der Waals surface area contributed by atoms with Gasteiger partial charge in [0.2, 0.25) is 5.75 Å². The number of rotatable bonds is 0. The van der Waals surface area contributed by atoms with Gasteiger partial charge in [0, 0.05) is 11.6 Å². The highest BCUT2D eigenvalue weighted by Gasteiger charge is 1.99. The zero-order valence-electron chi connectivity index (χ0n) is 5.69. The summed E-state index contributed by atoms with van der Waals surface area (Å²) in [7, 11) is 0. The molecule has 0 unspecified atom stereocenters. The maximum atomic E-state index is 11.1. The number of nitrogens with zero attached hydrogens (tertiary/aromatic N) is 2. The Morgan fingerprint density at radius 2 is 2.18 bits per heavy atom. The van der Waals surface area contributed by atoms with E-state index in [2.05, 4.69) is 9.97 Å². The minimum absolute atomic E-state index is 0.0510. The molecule has 3 nitrogen and oxygen atoms in total. The van der Waals surface area contributed by atoms with E-state index < -0.39 is 0 Å². The van der Waals surface area contributed by atoms with Gasteiger partial charge in [-0.1, -0.05) is 12.1 Å². The van der Waals surface area contributed by atoms with Crippen LogP contribution in [-0.4, -0.2) is 9.97 Å². The monoisotopic (exact) mass is 145 g/mol. The van der Waals surface area contributed by atoms with Gasteiger partial charge in [-0.3, -0.25) is 5.11 Å². The van der Waals surface area contributed by atoms with Crippen LogP contribution in [0.1, 0.15) is 0 Å². The highest BCUT2D eigenvalue weighted by Crippen LogP contribution is 2.20. The van der Waals surface area contributed by atoms with Gasteiger partial charge >= 0.3 is 0 Å². The van der Waals surface area contributed by atoms with Crippen molar-refractivity contribution < 1.29 is 5.11 Å². The fourth-order valence-electron chi connectivity index (χ4n) is 0.986. The van der Waals surface area contributed by atoms with Crippen molar-refractivity contribution in [3.05, 3.63) is 30.7 Å². The van der Waals surface area contributed by atoms with Crippen LogP contribution < -0.4 is 0 Å². The van der Waals surface area contributed by atoms with Gasteiger partial charge in [0.25, 0.3) is 0 Å². The molecule has 0 saturated carbocycles. The Morgan fingerprint density at radius 1 is 1.27 bits per heavy atom. The van der Waals surface area contributed by atoms with Crippen molar-refractivity contribution in [2.45, 2.75) is 0 Å². The molecule has 0 N–H and O–H groups in total. The lowest BCUT2D eigenvalue weighted by Gasteiger charge is -1.93. The van der Waals surface area contributed by atoms with E-state index in [0.29, 0.717) is 5.52 Å². The van der Waals surface area contributed by atoms with Crippen LogP contribution in [0.5, 0.6) is 5.75 Å². The van der Waals surface area contributed by atoms with Gasteiger partial charge in [-0.25, -0.2) is 9.97 Å². The molecule has 1 aromatic carbocycles. The lowest BCUT2D eigenvalue weighted by Crippen LogP contribution is -1.79. The third kappa shape index (κ3) is 0.902. The minimum Gasteiger partial charge on any atom is -0.288 e. The van der Waals surface area contributed by atoms with Gasteiger partial charge in [-0.15, -0.1) is 0 Å². The summed E-state index contributed by atoms with van der Waals surface area (Å²) in [6, 6.07) is 5.01. The molecular formula is C8H5N2O. The second-order valence-electron chi connectivity index (χ2n) is 2.22. The molecule has 0 aliphatic rings. The standard InChI is InChI=1S/C8H5N2O/c11-7-3-1-2-6-4-9-5-10-8(6)7/h1-5H. The van der Waals surface area contributed by atoms with Crippen LogP contribution in [0.15, 0.2) is 30.7 Å². The number of benzene rings is 1. The summed E-state index contributed by atoms with van der Waals surface area (Å²) in [6.07, 6.45) is 3.01. The van der Waals surface area contributed by atoms with Gasteiger partial charge in [-0.2, -0.15) is 0 Å². The Bertz CT molecular complexity index is 381. The Balaban J connectivity index is 2.91. The molecular weight excluding hydrogens is 140 g/mol. The van der Waals surface area contributed by atoms with E-state index in [1.807, 2.05) is 6.07 Å². The normalized spacial score (nSPS) is 10.2. The number of para-hydroxylation sites is 1. The molecule has 53 valence electrons. The molecule has 0 bridgehead atoms. The zero-order valence-corrected chi connectivity index (χ0v) is 5.69. The summed E-state index contributed by atoms with van der Waals surface area (Å²) in [5.41, 5.74) is 0.488. The van der Waals surface area contributed by atoms with Crippen LogP contribution in [0.3, 0.4) is 0 Å². The minimum atomic E-state index is -0.0510. The SMILES string of the molecule is [O]c1cccc2cncnc12. The van der Waals surface area contributed by atoms with Crippen LogP contribution in [-0.2, 0) is 5.11 Å². The molecule has 11 heavy (non-hydrogen) atoms. The predicted octanol–water partition coefficient (Wildman–Crippen LogP) is 1.77. The Kier molecular flexibility index (Phi) is 1.22. The first kappa shape index (κ1) is 6.09. The third-order valence-electron chi connectivity index (χ3n) is 1.50. The predicted molar refractivity (Wildman–Crippen MR) is 39.7 cm³/mol. The van der Waals surface area contributed by atoms with Gasteiger partial charge in [0.1, 0.15) is 11.8 Å². The van der Waals surface area contributed by atoms with Crippen molar-refractivity contribution in [1.82, 2.24) is 9.97 Å². The second kappa shape index (κ2) is 2.20. The van der Waals surface area contributed by atoms with E-state index in [1.165, 1.54) is 12.4 Å². The lowest BCUT2D eigenvalue weighted by molar-refractivity contribution is 0.359. The largest absolute Gasteiger partial charge is 0.288 e. The number of fused-ring (bicyclic) bond motifs is 1. The van der Waals surface area contributed by atoms with Gasteiger partial charge in [0.15, 0.2) is 0 Å². The third-order valence-corrected chi connectivity index (χ3v) is 1.50. The maximum Gasteiger partial charge on any atom is 0.204 e. The lowest BCUT2D eigenvalue weighted by atomic mass is 10.2. The molecule has 2 rings (SSSR count). The molecule has 0 spiro atoms. The van der Waals surface area contributed by atoms with Crippen molar-refractivity contribution >= 4 is 10.9 Å². The average Bonchev–Trinajstić information content (AvgIpc) is 2.06. The highest BCUT2D eigenvalue weighted by atomic mass is 16.3. The molecule has 0 amide bonds. The maximum absolute atomic E-state index is 11.1. The molecule has 1 aromatic heterocycles. The summed E-state index contributed by atoms with van der Waals surface area (Å²) < 4.78 is 0. The molecule has 0 aliphatic carbocycles. The summed E-state index contributed by atoms with van der Waals surface area (Å²) in [6.45, 7) is 0. The van der Waals surface area contributed by atoms with Gasteiger partial charge < -0.3 is 0 Å².